The van der Waals surface area contributed by atoms with E-state index in [-0.39, 0.29) is 34.8 Å². The highest BCUT2D eigenvalue weighted by Gasteiger charge is 2.23. The zero-order chi connectivity index (χ0) is 22.2. The van der Waals surface area contributed by atoms with Crippen LogP contribution in [0.25, 0.3) is 28.0 Å². The Labute approximate surface area is 183 Å². The molecule has 1 unspecified atom stereocenters. The van der Waals surface area contributed by atoms with Crippen molar-refractivity contribution < 1.29 is 13.5 Å². The van der Waals surface area contributed by atoms with Gasteiger partial charge in [-0.1, -0.05) is 18.2 Å². The number of anilines is 2. The van der Waals surface area contributed by atoms with E-state index in [9.17, 15) is 8.78 Å². The molecule has 4 aromatic rings. The summed E-state index contributed by atoms with van der Waals surface area (Å²) in [7, 11) is 0. The van der Waals surface area contributed by atoms with Crippen molar-refractivity contribution in [2.24, 2.45) is 0 Å². The van der Waals surface area contributed by atoms with E-state index in [4.69, 9.17) is 10.5 Å². The van der Waals surface area contributed by atoms with Crippen molar-refractivity contribution >= 4 is 22.8 Å². The number of nitrogens with two attached hydrogens (primary N) is 1. The van der Waals surface area contributed by atoms with Crippen LogP contribution in [-0.4, -0.2) is 39.0 Å². The van der Waals surface area contributed by atoms with E-state index in [0.29, 0.717) is 11.9 Å². The average Bonchev–Trinajstić information content (AvgIpc) is 3.42. The molecule has 7 nitrogen and oxygen atoms in total. The summed E-state index contributed by atoms with van der Waals surface area (Å²) in [5.41, 5.74) is 8.66. The Hall–Kier alpha value is -3.59. The first-order valence-corrected chi connectivity index (χ1v) is 10.4. The molecule has 2 aromatic carbocycles. The predicted octanol–water partition coefficient (Wildman–Crippen LogP) is 4.24. The molecule has 32 heavy (non-hydrogen) atoms. The van der Waals surface area contributed by atoms with E-state index in [1.54, 1.807) is 0 Å². The summed E-state index contributed by atoms with van der Waals surface area (Å²) in [5.74, 6) is -1.47. The van der Waals surface area contributed by atoms with Gasteiger partial charge in [0.15, 0.2) is 17.3 Å². The lowest BCUT2D eigenvalue weighted by atomic mass is 10.1. The van der Waals surface area contributed by atoms with Gasteiger partial charge in [0.25, 0.3) is 0 Å². The van der Waals surface area contributed by atoms with Crippen LogP contribution in [0.2, 0.25) is 0 Å². The summed E-state index contributed by atoms with van der Waals surface area (Å²) >= 11 is 0. The minimum absolute atomic E-state index is 0.00643. The van der Waals surface area contributed by atoms with Gasteiger partial charge in [0.2, 0.25) is 5.95 Å². The molecule has 3 N–H and O–H groups in total. The molecule has 0 bridgehead atoms. The summed E-state index contributed by atoms with van der Waals surface area (Å²) in [6, 6.07) is 11.6. The number of aromatic nitrogens is 4. The molecule has 1 saturated heterocycles. The zero-order valence-corrected chi connectivity index (χ0v) is 17.5. The molecule has 1 aliphatic rings. The molecule has 1 fully saturated rings. The van der Waals surface area contributed by atoms with Crippen LogP contribution in [0.3, 0.4) is 0 Å². The molecule has 1 aliphatic heterocycles. The Kier molecular flexibility index (Phi) is 5.18. The number of hydrogen-bond acceptors (Lipinski definition) is 6. The van der Waals surface area contributed by atoms with E-state index in [0.717, 1.165) is 36.8 Å². The smallest absolute Gasteiger partial charge is 0.225 e. The first-order chi connectivity index (χ1) is 15.5. The molecule has 0 spiro atoms. The number of aryl methyl sites for hydroxylation is 1. The molecule has 9 heteroatoms. The number of benzene rings is 2. The SMILES string of the molecule is Cc1cccc(-n2nc3nc(NCC4CCCO4)nc(-c4cccc(F)c4F)c3c2N)c1. The summed E-state index contributed by atoms with van der Waals surface area (Å²) in [6.45, 7) is 3.19. The van der Waals surface area contributed by atoms with E-state index in [1.165, 1.54) is 16.8 Å². The van der Waals surface area contributed by atoms with Crippen LogP contribution in [0.5, 0.6) is 0 Å². The molecule has 2 aromatic heterocycles. The summed E-state index contributed by atoms with van der Waals surface area (Å²) < 4.78 is 36.0. The molecule has 164 valence electrons. The van der Waals surface area contributed by atoms with Gasteiger partial charge in [0.1, 0.15) is 5.82 Å². The highest BCUT2D eigenvalue weighted by molar-refractivity contribution is 5.99. The first kappa shape index (κ1) is 20.3. The first-order valence-electron chi connectivity index (χ1n) is 10.4. The molecule has 0 radical (unpaired) electrons. The Bertz CT molecular complexity index is 1300. The third kappa shape index (κ3) is 3.64. The van der Waals surface area contributed by atoms with Gasteiger partial charge in [0.05, 0.1) is 22.9 Å². The van der Waals surface area contributed by atoms with Crippen LogP contribution >= 0.6 is 0 Å². The average molecular weight is 436 g/mol. The maximum absolute atomic E-state index is 14.7. The number of hydrogen-bond donors (Lipinski definition) is 2. The Morgan fingerprint density at radius 1 is 1.19 bits per heavy atom. The monoisotopic (exact) mass is 436 g/mol. The Balaban J connectivity index is 1.68. The molecule has 3 heterocycles. The van der Waals surface area contributed by atoms with Gasteiger partial charge >= 0.3 is 0 Å². The zero-order valence-electron chi connectivity index (χ0n) is 17.5. The third-order valence-corrected chi connectivity index (χ3v) is 5.53. The summed E-state index contributed by atoms with van der Waals surface area (Å²) in [4.78, 5) is 9.00. The van der Waals surface area contributed by atoms with Crippen molar-refractivity contribution in [1.29, 1.82) is 0 Å². The van der Waals surface area contributed by atoms with Crippen molar-refractivity contribution in [2.75, 3.05) is 24.2 Å². The van der Waals surface area contributed by atoms with Crippen molar-refractivity contribution in [3.8, 4) is 16.9 Å². The number of ether oxygens (including phenoxy) is 1. The Morgan fingerprint density at radius 3 is 2.81 bits per heavy atom. The van der Waals surface area contributed by atoms with Gasteiger partial charge in [-0.15, -0.1) is 5.10 Å². The number of nitrogens with zero attached hydrogens (tertiary/aromatic N) is 4. The number of fused-ring (bicyclic) bond motifs is 1. The van der Waals surface area contributed by atoms with Crippen LogP contribution in [0.4, 0.5) is 20.5 Å². The lowest BCUT2D eigenvalue weighted by Gasteiger charge is -2.12. The molecular formula is C23H22F2N6O. The molecule has 0 saturated carbocycles. The van der Waals surface area contributed by atoms with Crippen LogP contribution in [-0.2, 0) is 4.74 Å². The van der Waals surface area contributed by atoms with Crippen LogP contribution in [0.15, 0.2) is 42.5 Å². The van der Waals surface area contributed by atoms with Crippen molar-refractivity contribution in [1.82, 2.24) is 19.7 Å². The van der Waals surface area contributed by atoms with E-state index < -0.39 is 11.6 Å². The van der Waals surface area contributed by atoms with Gasteiger partial charge in [0, 0.05) is 18.7 Å². The molecule has 0 amide bonds. The molecular weight excluding hydrogens is 414 g/mol. The fourth-order valence-electron chi connectivity index (χ4n) is 3.94. The van der Waals surface area contributed by atoms with Gasteiger partial charge in [-0.25, -0.2) is 18.4 Å². The second kappa shape index (κ2) is 8.16. The minimum Gasteiger partial charge on any atom is -0.383 e. The van der Waals surface area contributed by atoms with Crippen LogP contribution < -0.4 is 11.1 Å². The summed E-state index contributed by atoms with van der Waals surface area (Å²) in [5, 5.41) is 8.06. The van der Waals surface area contributed by atoms with Gasteiger partial charge < -0.3 is 15.8 Å². The number of rotatable bonds is 5. The minimum atomic E-state index is -1.000. The maximum atomic E-state index is 14.7. The van der Waals surface area contributed by atoms with E-state index in [2.05, 4.69) is 20.4 Å². The van der Waals surface area contributed by atoms with Crippen LogP contribution in [0, 0.1) is 18.6 Å². The highest BCUT2D eigenvalue weighted by atomic mass is 19.2. The number of nitrogens with one attached hydrogen (secondary N) is 1. The second-order valence-corrected chi connectivity index (χ2v) is 7.85. The summed E-state index contributed by atoms with van der Waals surface area (Å²) in [6.07, 6.45) is 2.00. The standard InChI is InChI=1S/C23H22F2N6O/c1-13-5-2-6-14(11-13)31-21(26)18-20(16-8-3-9-17(24)19(16)25)28-23(29-22(18)30-31)27-12-15-7-4-10-32-15/h2-3,5-6,8-9,11,15H,4,7,10,12,26H2,1H3,(H,27,29,30). The van der Waals surface area contributed by atoms with Gasteiger partial charge in [-0.05, 0) is 49.6 Å². The largest absolute Gasteiger partial charge is 0.383 e. The fourth-order valence-corrected chi connectivity index (χ4v) is 3.94. The van der Waals surface area contributed by atoms with Crippen molar-refractivity contribution in [3.05, 3.63) is 59.7 Å². The maximum Gasteiger partial charge on any atom is 0.225 e. The van der Waals surface area contributed by atoms with E-state index >= 15 is 0 Å². The molecule has 5 rings (SSSR count). The lowest BCUT2D eigenvalue weighted by Crippen LogP contribution is -2.19. The third-order valence-electron chi connectivity index (χ3n) is 5.53. The van der Waals surface area contributed by atoms with Gasteiger partial charge in [-0.3, -0.25) is 0 Å². The fraction of sp³-hybridized carbons (Fsp3) is 0.261. The Morgan fingerprint density at radius 2 is 2.03 bits per heavy atom. The molecule has 1 atom stereocenters. The molecule has 0 aliphatic carbocycles. The highest BCUT2D eigenvalue weighted by Crippen LogP contribution is 2.34. The predicted molar refractivity (Wildman–Crippen MR) is 119 cm³/mol. The van der Waals surface area contributed by atoms with Crippen molar-refractivity contribution in [3.63, 3.8) is 0 Å². The quantitative estimate of drug-likeness (QED) is 0.486. The van der Waals surface area contributed by atoms with E-state index in [1.807, 2.05) is 31.2 Å². The topological polar surface area (TPSA) is 90.9 Å². The lowest BCUT2D eigenvalue weighted by molar-refractivity contribution is 0.120. The second-order valence-electron chi connectivity index (χ2n) is 7.85. The number of halogens is 2. The van der Waals surface area contributed by atoms with Gasteiger partial charge in [-0.2, -0.15) is 4.98 Å². The normalized spacial score (nSPS) is 16.0. The number of nitrogen functional groups attached to an aromatic ring is 1. The van der Waals surface area contributed by atoms with Crippen molar-refractivity contribution in [2.45, 2.75) is 25.9 Å². The van der Waals surface area contributed by atoms with Crippen LogP contribution in [0.1, 0.15) is 18.4 Å².